The van der Waals surface area contributed by atoms with Gasteiger partial charge in [-0.2, -0.15) is 0 Å². The molecule has 0 saturated carbocycles. The average molecular weight is 329 g/mol. The van der Waals surface area contributed by atoms with E-state index in [2.05, 4.69) is 28.0 Å². The molecule has 2 aliphatic heterocycles. The van der Waals surface area contributed by atoms with Crippen molar-refractivity contribution in [2.24, 2.45) is 5.92 Å². The fraction of sp³-hybridized carbons (Fsp3) is 0.714. The Kier molecular flexibility index (Phi) is 5.39. The maximum absolute atomic E-state index is 6.02. The molecule has 1 aromatic rings. The lowest BCUT2D eigenvalue weighted by atomic mass is 10.1. The molecule has 0 aromatic heterocycles. The van der Waals surface area contributed by atoms with Gasteiger partial charge in [0.15, 0.2) is 0 Å². The van der Waals surface area contributed by atoms with Crippen LogP contribution in [0.4, 0.5) is 0 Å². The minimum atomic E-state index is 0.823. The van der Waals surface area contributed by atoms with Crippen molar-refractivity contribution in [1.29, 1.82) is 0 Å². The van der Waals surface area contributed by atoms with Gasteiger partial charge in [0, 0.05) is 13.1 Å². The highest BCUT2D eigenvalue weighted by atomic mass is 16.5. The summed E-state index contributed by atoms with van der Waals surface area (Å²) in [6.45, 7) is 8.56. The first kappa shape index (κ1) is 16.4. The number of rotatable bonds is 7. The molecule has 0 spiro atoms. The molecule has 24 heavy (non-hydrogen) atoms. The van der Waals surface area contributed by atoms with Gasteiger partial charge in [0.2, 0.25) is 0 Å². The number of nitrogens with zero attached hydrogens (tertiary/aromatic N) is 2. The number of likely N-dealkylation sites (tertiary alicyclic amines) is 2. The maximum Gasteiger partial charge on any atom is 0.119 e. The van der Waals surface area contributed by atoms with Gasteiger partial charge in [-0.25, -0.2) is 0 Å². The zero-order chi connectivity index (χ0) is 16.2. The Labute approximate surface area is 147 Å². The van der Waals surface area contributed by atoms with Crippen molar-refractivity contribution in [2.75, 3.05) is 45.9 Å². The second-order valence-electron chi connectivity index (χ2n) is 7.96. The molecule has 3 heteroatoms. The van der Waals surface area contributed by atoms with Crippen LogP contribution in [0, 0.1) is 5.92 Å². The van der Waals surface area contributed by atoms with Crippen LogP contribution in [-0.2, 0) is 12.8 Å². The molecule has 2 heterocycles. The summed E-state index contributed by atoms with van der Waals surface area (Å²) >= 11 is 0. The van der Waals surface area contributed by atoms with Gasteiger partial charge in [-0.1, -0.05) is 6.07 Å². The zero-order valence-corrected chi connectivity index (χ0v) is 15.0. The van der Waals surface area contributed by atoms with Gasteiger partial charge in [0.05, 0.1) is 6.61 Å². The summed E-state index contributed by atoms with van der Waals surface area (Å²) in [5.74, 6) is 1.90. The molecule has 0 amide bonds. The summed E-state index contributed by atoms with van der Waals surface area (Å²) in [7, 11) is 0. The molecule has 4 rings (SSSR count). The van der Waals surface area contributed by atoms with E-state index in [1.54, 1.807) is 5.56 Å². The minimum Gasteiger partial charge on any atom is -0.494 e. The van der Waals surface area contributed by atoms with Crippen LogP contribution in [0.3, 0.4) is 0 Å². The molecule has 1 atom stereocenters. The van der Waals surface area contributed by atoms with E-state index < -0.39 is 0 Å². The first-order chi connectivity index (χ1) is 11.9. The largest absolute Gasteiger partial charge is 0.494 e. The van der Waals surface area contributed by atoms with Gasteiger partial charge >= 0.3 is 0 Å². The third kappa shape index (κ3) is 4.12. The van der Waals surface area contributed by atoms with Gasteiger partial charge in [0.1, 0.15) is 5.75 Å². The highest BCUT2D eigenvalue weighted by molar-refractivity contribution is 5.39. The summed E-state index contributed by atoms with van der Waals surface area (Å²) in [4.78, 5) is 5.22. The Morgan fingerprint density at radius 1 is 0.875 bits per heavy atom. The zero-order valence-electron chi connectivity index (χ0n) is 15.0. The van der Waals surface area contributed by atoms with Crippen molar-refractivity contribution in [3.63, 3.8) is 0 Å². The van der Waals surface area contributed by atoms with Crippen LogP contribution in [0.2, 0.25) is 0 Å². The van der Waals surface area contributed by atoms with Gasteiger partial charge in [-0.15, -0.1) is 0 Å². The van der Waals surface area contributed by atoms with E-state index in [1.165, 1.54) is 83.4 Å². The number of hydrogen-bond acceptors (Lipinski definition) is 3. The quantitative estimate of drug-likeness (QED) is 0.714. The van der Waals surface area contributed by atoms with E-state index in [-0.39, 0.29) is 0 Å². The molecule has 2 fully saturated rings. The molecule has 0 bridgehead atoms. The number of fused-ring (bicyclic) bond motifs is 1. The smallest absolute Gasteiger partial charge is 0.119 e. The SMILES string of the molecule is c1cc2c(cc1OCCCN1CCCC1)CC(CN1CCCC1)C2. The van der Waals surface area contributed by atoms with Crippen molar-refractivity contribution < 1.29 is 4.74 Å². The lowest BCUT2D eigenvalue weighted by molar-refractivity contribution is 0.263. The fourth-order valence-corrected chi connectivity index (χ4v) is 4.72. The van der Waals surface area contributed by atoms with Gasteiger partial charge in [-0.3, -0.25) is 0 Å². The summed E-state index contributed by atoms with van der Waals surface area (Å²) < 4.78 is 6.02. The van der Waals surface area contributed by atoms with E-state index in [0.29, 0.717) is 0 Å². The number of benzene rings is 1. The summed E-state index contributed by atoms with van der Waals surface area (Å²) in [5.41, 5.74) is 3.10. The van der Waals surface area contributed by atoms with Crippen LogP contribution >= 0.6 is 0 Å². The summed E-state index contributed by atoms with van der Waals surface area (Å²) in [6.07, 6.45) is 9.21. The Morgan fingerprint density at radius 2 is 1.58 bits per heavy atom. The molecule has 132 valence electrons. The molecule has 1 aliphatic carbocycles. The predicted octanol–water partition coefficient (Wildman–Crippen LogP) is 3.36. The second-order valence-corrected chi connectivity index (χ2v) is 7.96. The second kappa shape index (κ2) is 7.88. The number of ether oxygens (including phenoxy) is 1. The van der Waals surface area contributed by atoms with Gasteiger partial charge in [-0.05, 0) is 100 Å². The van der Waals surface area contributed by atoms with Crippen LogP contribution in [0.15, 0.2) is 18.2 Å². The Morgan fingerprint density at radius 3 is 2.38 bits per heavy atom. The van der Waals surface area contributed by atoms with Crippen molar-refractivity contribution in [2.45, 2.75) is 44.9 Å². The molecular formula is C21H32N2O. The summed E-state index contributed by atoms with van der Waals surface area (Å²) in [6, 6.07) is 6.82. The molecule has 1 unspecified atom stereocenters. The van der Waals surface area contributed by atoms with E-state index in [4.69, 9.17) is 4.74 Å². The minimum absolute atomic E-state index is 0.823. The van der Waals surface area contributed by atoms with Gasteiger partial charge < -0.3 is 14.5 Å². The van der Waals surface area contributed by atoms with Crippen LogP contribution < -0.4 is 4.74 Å². The topological polar surface area (TPSA) is 15.7 Å². The highest BCUT2D eigenvalue weighted by Crippen LogP contribution is 2.31. The van der Waals surface area contributed by atoms with Crippen LogP contribution in [0.5, 0.6) is 5.75 Å². The third-order valence-corrected chi connectivity index (χ3v) is 6.00. The highest BCUT2D eigenvalue weighted by Gasteiger charge is 2.25. The molecular weight excluding hydrogens is 296 g/mol. The first-order valence-corrected chi connectivity index (χ1v) is 10.1. The maximum atomic E-state index is 6.02. The van der Waals surface area contributed by atoms with Crippen LogP contribution in [-0.4, -0.2) is 55.7 Å². The lowest BCUT2D eigenvalue weighted by Gasteiger charge is -2.19. The van der Waals surface area contributed by atoms with Crippen LogP contribution in [0.25, 0.3) is 0 Å². The van der Waals surface area contributed by atoms with Crippen molar-refractivity contribution in [3.05, 3.63) is 29.3 Å². The Balaban J connectivity index is 1.22. The Bertz CT molecular complexity index is 533. The molecule has 0 radical (unpaired) electrons. The van der Waals surface area contributed by atoms with Gasteiger partial charge in [0.25, 0.3) is 0 Å². The average Bonchev–Trinajstić information content (AvgIpc) is 3.33. The Hall–Kier alpha value is -1.06. The molecule has 0 N–H and O–H groups in total. The predicted molar refractivity (Wildman–Crippen MR) is 98.8 cm³/mol. The van der Waals surface area contributed by atoms with Crippen molar-refractivity contribution >= 4 is 0 Å². The lowest BCUT2D eigenvalue weighted by Crippen LogP contribution is -2.26. The fourth-order valence-electron chi connectivity index (χ4n) is 4.72. The first-order valence-electron chi connectivity index (χ1n) is 10.1. The number of hydrogen-bond donors (Lipinski definition) is 0. The van der Waals surface area contributed by atoms with E-state index in [9.17, 15) is 0 Å². The van der Waals surface area contributed by atoms with Crippen LogP contribution in [0.1, 0.15) is 43.2 Å². The summed E-state index contributed by atoms with van der Waals surface area (Å²) in [5, 5.41) is 0. The third-order valence-electron chi connectivity index (χ3n) is 6.00. The van der Waals surface area contributed by atoms with Crippen molar-refractivity contribution in [3.8, 4) is 5.75 Å². The van der Waals surface area contributed by atoms with Crippen molar-refractivity contribution in [1.82, 2.24) is 9.80 Å². The monoisotopic (exact) mass is 328 g/mol. The standard InChI is InChI=1S/C21H32N2O/c1-2-9-22(8-1)12-5-13-24-21-7-6-19-14-18(15-20(19)16-21)17-23-10-3-4-11-23/h6-7,16,18H,1-5,8-15,17H2. The van der Waals surface area contributed by atoms with E-state index >= 15 is 0 Å². The molecule has 1 aromatic carbocycles. The normalized spacial score (nSPS) is 24.6. The van der Waals surface area contributed by atoms with E-state index in [0.717, 1.165) is 24.7 Å². The molecule has 3 nitrogen and oxygen atoms in total. The molecule has 2 saturated heterocycles. The van der Waals surface area contributed by atoms with E-state index in [1.807, 2.05) is 0 Å². The molecule has 3 aliphatic rings.